The van der Waals surface area contributed by atoms with Crippen LogP contribution in [0.3, 0.4) is 0 Å². The number of carbonyl (C=O) groups is 1. The van der Waals surface area contributed by atoms with Gasteiger partial charge >= 0.3 is 5.97 Å². The van der Waals surface area contributed by atoms with Crippen LogP contribution in [-0.2, 0) is 14.3 Å². The fourth-order valence-electron chi connectivity index (χ4n) is 2.19. The molecule has 0 amide bonds. The maximum absolute atomic E-state index is 12.0. The molecule has 0 aromatic heterocycles. The van der Waals surface area contributed by atoms with Crippen molar-refractivity contribution in [3.63, 3.8) is 0 Å². The van der Waals surface area contributed by atoms with E-state index in [1.54, 1.807) is 0 Å². The van der Waals surface area contributed by atoms with Crippen molar-refractivity contribution in [2.45, 2.75) is 12.1 Å². The van der Waals surface area contributed by atoms with Crippen molar-refractivity contribution >= 4 is 11.7 Å². The third-order valence-electron chi connectivity index (χ3n) is 3.24. The molecule has 0 heterocycles. The van der Waals surface area contributed by atoms with E-state index < -0.39 is 12.1 Å². The first kappa shape index (κ1) is 15.1. The van der Waals surface area contributed by atoms with E-state index in [1.807, 2.05) is 60.7 Å². The minimum absolute atomic E-state index is 0.328. The number of nitrogens with one attached hydrogen (secondary N) is 1. The third-order valence-corrected chi connectivity index (χ3v) is 3.24. The lowest BCUT2D eigenvalue weighted by atomic mass is 10.0. The topological polar surface area (TPSA) is 47.6 Å². The zero-order chi connectivity index (χ0) is 15.1. The summed E-state index contributed by atoms with van der Waals surface area (Å²) in [7, 11) is 2.86. The van der Waals surface area contributed by atoms with E-state index in [-0.39, 0.29) is 6.04 Å². The molecule has 0 unspecified atom stereocenters. The average molecular weight is 285 g/mol. The first-order valence-electron chi connectivity index (χ1n) is 6.73. The van der Waals surface area contributed by atoms with E-state index in [1.165, 1.54) is 14.2 Å². The van der Waals surface area contributed by atoms with Crippen LogP contribution in [0.25, 0.3) is 0 Å². The number of rotatable bonds is 6. The standard InChI is InChI=1S/C17H19NO3/c1-20-16(17(19)21-2)15(13-9-5-3-6-10-13)18-14-11-7-4-8-12-14/h3-12,15-16,18H,1-2H3/t15-,16-/m0/s1. The van der Waals surface area contributed by atoms with Crippen molar-refractivity contribution < 1.29 is 14.3 Å². The lowest BCUT2D eigenvalue weighted by Gasteiger charge is -2.26. The summed E-state index contributed by atoms with van der Waals surface area (Å²) in [5.41, 5.74) is 1.87. The Hall–Kier alpha value is -2.33. The fraction of sp³-hybridized carbons (Fsp3) is 0.235. The number of ether oxygens (including phenoxy) is 2. The van der Waals surface area contributed by atoms with Crippen molar-refractivity contribution in [3.8, 4) is 0 Å². The number of carbonyl (C=O) groups excluding carboxylic acids is 1. The molecule has 2 atom stereocenters. The minimum atomic E-state index is -0.724. The minimum Gasteiger partial charge on any atom is -0.467 e. The summed E-state index contributed by atoms with van der Waals surface area (Å²) >= 11 is 0. The van der Waals surface area contributed by atoms with Gasteiger partial charge in [-0.2, -0.15) is 0 Å². The van der Waals surface area contributed by atoms with Gasteiger partial charge in [-0.1, -0.05) is 48.5 Å². The first-order valence-corrected chi connectivity index (χ1v) is 6.73. The van der Waals surface area contributed by atoms with Crippen LogP contribution in [0.4, 0.5) is 5.69 Å². The highest BCUT2D eigenvalue weighted by atomic mass is 16.6. The summed E-state index contributed by atoms with van der Waals surface area (Å²) in [5, 5.41) is 3.34. The fourth-order valence-corrected chi connectivity index (χ4v) is 2.19. The van der Waals surface area contributed by atoms with E-state index in [0.717, 1.165) is 11.3 Å². The Balaban J connectivity index is 2.32. The SMILES string of the molecule is COC(=O)[C@@H](OC)[C@@H](Nc1ccccc1)c1ccccc1. The predicted octanol–water partition coefficient (Wildman–Crippen LogP) is 3.03. The van der Waals surface area contributed by atoms with Crippen molar-refractivity contribution in [2.75, 3.05) is 19.5 Å². The molecule has 4 heteroatoms. The number of hydrogen-bond acceptors (Lipinski definition) is 4. The van der Waals surface area contributed by atoms with Crippen molar-refractivity contribution in [3.05, 3.63) is 66.2 Å². The van der Waals surface area contributed by atoms with Crippen LogP contribution in [0.15, 0.2) is 60.7 Å². The first-order chi connectivity index (χ1) is 10.3. The summed E-state index contributed by atoms with van der Waals surface area (Å²) in [5.74, 6) is -0.408. The Bertz CT molecular complexity index is 557. The number of para-hydroxylation sites is 1. The normalized spacial score (nSPS) is 13.2. The summed E-state index contributed by atoms with van der Waals surface area (Å²) in [4.78, 5) is 12.0. The van der Waals surface area contributed by atoms with E-state index in [2.05, 4.69) is 5.32 Å². The second-order valence-electron chi connectivity index (χ2n) is 4.58. The molecule has 4 nitrogen and oxygen atoms in total. The second kappa shape index (κ2) is 7.45. The molecular formula is C17H19NO3. The van der Waals surface area contributed by atoms with Crippen LogP contribution in [0.1, 0.15) is 11.6 Å². The van der Waals surface area contributed by atoms with Gasteiger partial charge in [0.25, 0.3) is 0 Å². The Morgan fingerprint density at radius 3 is 2.05 bits per heavy atom. The lowest BCUT2D eigenvalue weighted by Crippen LogP contribution is -2.35. The molecule has 2 rings (SSSR count). The molecule has 0 aliphatic carbocycles. The Kier molecular flexibility index (Phi) is 5.35. The number of hydrogen-bond donors (Lipinski definition) is 1. The van der Waals surface area contributed by atoms with E-state index in [9.17, 15) is 4.79 Å². The number of anilines is 1. The van der Waals surface area contributed by atoms with Gasteiger partial charge in [0, 0.05) is 12.8 Å². The third kappa shape index (κ3) is 3.83. The average Bonchev–Trinajstić information content (AvgIpc) is 2.56. The van der Waals surface area contributed by atoms with Crippen molar-refractivity contribution in [1.82, 2.24) is 0 Å². The Labute approximate surface area is 124 Å². The van der Waals surface area contributed by atoms with Gasteiger partial charge in [0.2, 0.25) is 0 Å². The number of esters is 1. The van der Waals surface area contributed by atoms with Crippen molar-refractivity contribution in [1.29, 1.82) is 0 Å². The molecular weight excluding hydrogens is 266 g/mol. The van der Waals surface area contributed by atoms with Crippen LogP contribution >= 0.6 is 0 Å². The highest BCUT2D eigenvalue weighted by molar-refractivity contribution is 5.76. The molecule has 2 aromatic carbocycles. The van der Waals surface area contributed by atoms with Gasteiger partial charge in [-0.05, 0) is 17.7 Å². The molecule has 0 saturated heterocycles. The van der Waals surface area contributed by atoms with E-state index in [4.69, 9.17) is 9.47 Å². The molecule has 21 heavy (non-hydrogen) atoms. The number of methoxy groups -OCH3 is 2. The Morgan fingerprint density at radius 1 is 0.952 bits per heavy atom. The lowest BCUT2D eigenvalue weighted by molar-refractivity contribution is -0.153. The van der Waals surface area contributed by atoms with E-state index in [0.29, 0.717) is 0 Å². The maximum atomic E-state index is 12.0. The van der Waals surface area contributed by atoms with Crippen LogP contribution in [-0.4, -0.2) is 26.3 Å². The van der Waals surface area contributed by atoms with Gasteiger partial charge in [0.15, 0.2) is 6.10 Å². The smallest absolute Gasteiger partial charge is 0.337 e. The van der Waals surface area contributed by atoms with Crippen LogP contribution in [0.5, 0.6) is 0 Å². The van der Waals surface area contributed by atoms with Crippen LogP contribution < -0.4 is 5.32 Å². The molecule has 0 fully saturated rings. The molecule has 0 spiro atoms. The molecule has 110 valence electrons. The van der Waals surface area contributed by atoms with E-state index >= 15 is 0 Å². The van der Waals surface area contributed by atoms with Gasteiger partial charge in [-0.3, -0.25) is 0 Å². The molecule has 0 aliphatic rings. The zero-order valence-corrected chi connectivity index (χ0v) is 12.2. The van der Waals surface area contributed by atoms with Gasteiger partial charge < -0.3 is 14.8 Å². The highest BCUT2D eigenvalue weighted by Crippen LogP contribution is 2.25. The number of benzene rings is 2. The monoisotopic (exact) mass is 285 g/mol. The summed E-state index contributed by atoms with van der Waals surface area (Å²) < 4.78 is 10.2. The van der Waals surface area contributed by atoms with Gasteiger partial charge in [-0.25, -0.2) is 4.79 Å². The maximum Gasteiger partial charge on any atom is 0.337 e. The summed E-state index contributed by atoms with van der Waals surface area (Å²) in [6, 6.07) is 19.1. The molecule has 0 aliphatic heterocycles. The molecule has 0 saturated carbocycles. The molecule has 2 aromatic rings. The van der Waals surface area contributed by atoms with Crippen molar-refractivity contribution in [2.24, 2.45) is 0 Å². The summed E-state index contributed by atoms with van der Waals surface area (Å²) in [6.45, 7) is 0. The Morgan fingerprint density at radius 2 is 1.52 bits per heavy atom. The van der Waals surface area contributed by atoms with Gasteiger partial charge in [-0.15, -0.1) is 0 Å². The molecule has 0 radical (unpaired) electrons. The summed E-state index contributed by atoms with van der Waals surface area (Å²) in [6.07, 6.45) is -0.724. The quantitative estimate of drug-likeness (QED) is 0.829. The van der Waals surface area contributed by atoms with Gasteiger partial charge in [0.1, 0.15) is 0 Å². The highest BCUT2D eigenvalue weighted by Gasteiger charge is 2.30. The van der Waals surface area contributed by atoms with Crippen LogP contribution in [0, 0.1) is 0 Å². The zero-order valence-electron chi connectivity index (χ0n) is 12.2. The van der Waals surface area contributed by atoms with Crippen LogP contribution in [0.2, 0.25) is 0 Å². The van der Waals surface area contributed by atoms with Gasteiger partial charge in [0.05, 0.1) is 13.2 Å². The molecule has 1 N–H and O–H groups in total. The molecule has 0 bridgehead atoms. The largest absolute Gasteiger partial charge is 0.467 e. The predicted molar refractivity (Wildman–Crippen MR) is 82.1 cm³/mol. The second-order valence-corrected chi connectivity index (χ2v) is 4.58.